The quantitative estimate of drug-likeness (QED) is 0.708. The molecule has 2 aromatic carbocycles. The SMILES string of the molecule is CC(CCc1ccccc1)NC(=O)c1[nH]c2ccccc2c1Cl. The van der Waals surface area contributed by atoms with Gasteiger partial charge in [-0.1, -0.05) is 60.1 Å². The summed E-state index contributed by atoms with van der Waals surface area (Å²) in [7, 11) is 0. The largest absolute Gasteiger partial charge is 0.349 e. The molecule has 118 valence electrons. The normalized spacial score (nSPS) is 12.3. The third kappa shape index (κ3) is 3.57. The maximum absolute atomic E-state index is 12.4. The van der Waals surface area contributed by atoms with E-state index in [2.05, 4.69) is 22.4 Å². The fraction of sp³-hybridized carbons (Fsp3) is 0.211. The fourth-order valence-corrected chi connectivity index (χ4v) is 2.96. The van der Waals surface area contributed by atoms with Crippen molar-refractivity contribution in [2.75, 3.05) is 0 Å². The molecular weight excluding hydrogens is 308 g/mol. The molecule has 1 aromatic heterocycles. The number of halogens is 1. The van der Waals surface area contributed by atoms with Gasteiger partial charge in [0.2, 0.25) is 0 Å². The van der Waals surface area contributed by atoms with Crippen molar-refractivity contribution in [1.29, 1.82) is 0 Å². The van der Waals surface area contributed by atoms with E-state index in [9.17, 15) is 4.79 Å². The number of aromatic nitrogens is 1. The van der Waals surface area contributed by atoms with Crippen LogP contribution < -0.4 is 5.32 Å². The highest BCUT2D eigenvalue weighted by Crippen LogP contribution is 2.27. The van der Waals surface area contributed by atoms with E-state index in [1.165, 1.54) is 5.56 Å². The molecule has 0 spiro atoms. The van der Waals surface area contributed by atoms with Crippen molar-refractivity contribution in [3.05, 3.63) is 70.9 Å². The van der Waals surface area contributed by atoms with Crippen LogP contribution in [0, 0.1) is 0 Å². The zero-order valence-corrected chi connectivity index (χ0v) is 13.7. The van der Waals surface area contributed by atoms with Crippen molar-refractivity contribution in [1.82, 2.24) is 10.3 Å². The molecule has 1 unspecified atom stereocenters. The first-order valence-electron chi connectivity index (χ1n) is 7.76. The Bertz CT molecular complexity index is 811. The van der Waals surface area contributed by atoms with Gasteiger partial charge in [-0.25, -0.2) is 0 Å². The first-order chi connectivity index (χ1) is 11.1. The second-order valence-electron chi connectivity index (χ2n) is 5.76. The molecule has 3 rings (SSSR count). The summed E-state index contributed by atoms with van der Waals surface area (Å²) in [6.07, 6.45) is 1.82. The summed E-state index contributed by atoms with van der Waals surface area (Å²) in [5.41, 5.74) is 2.58. The van der Waals surface area contributed by atoms with Crippen LogP contribution in [0.25, 0.3) is 10.9 Å². The molecule has 1 atom stereocenters. The monoisotopic (exact) mass is 326 g/mol. The number of rotatable bonds is 5. The summed E-state index contributed by atoms with van der Waals surface area (Å²) in [4.78, 5) is 15.5. The maximum atomic E-state index is 12.4. The molecule has 1 amide bonds. The Labute approximate surface area is 140 Å². The van der Waals surface area contributed by atoms with Crippen molar-refractivity contribution in [2.45, 2.75) is 25.8 Å². The van der Waals surface area contributed by atoms with Crippen molar-refractivity contribution >= 4 is 28.4 Å². The molecule has 0 fully saturated rings. The summed E-state index contributed by atoms with van der Waals surface area (Å²) in [5, 5.41) is 4.37. The molecule has 0 aliphatic heterocycles. The van der Waals surface area contributed by atoms with Crippen LogP contribution in [0.3, 0.4) is 0 Å². The minimum absolute atomic E-state index is 0.0742. The van der Waals surface area contributed by atoms with E-state index in [1.54, 1.807) is 0 Å². The van der Waals surface area contributed by atoms with Crippen LogP contribution in [0.1, 0.15) is 29.4 Å². The number of para-hydroxylation sites is 1. The Morgan fingerprint density at radius 3 is 2.57 bits per heavy atom. The summed E-state index contributed by atoms with van der Waals surface area (Å²) < 4.78 is 0. The van der Waals surface area contributed by atoms with Crippen molar-refractivity contribution < 1.29 is 4.79 Å². The molecule has 23 heavy (non-hydrogen) atoms. The highest BCUT2D eigenvalue weighted by molar-refractivity contribution is 6.38. The molecular formula is C19H19ClN2O. The molecule has 0 aliphatic rings. The molecule has 1 heterocycles. The van der Waals surface area contributed by atoms with Crippen LogP contribution in [-0.2, 0) is 6.42 Å². The number of nitrogens with one attached hydrogen (secondary N) is 2. The van der Waals surface area contributed by atoms with Gasteiger partial charge in [0.25, 0.3) is 5.91 Å². The lowest BCUT2D eigenvalue weighted by Crippen LogP contribution is -2.33. The average molecular weight is 327 g/mol. The molecule has 2 N–H and O–H groups in total. The number of H-pyrrole nitrogens is 1. The van der Waals surface area contributed by atoms with Crippen LogP contribution in [0.5, 0.6) is 0 Å². The van der Waals surface area contributed by atoms with Crippen LogP contribution >= 0.6 is 11.6 Å². The van der Waals surface area contributed by atoms with Gasteiger partial charge in [-0.2, -0.15) is 0 Å². The first kappa shape index (κ1) is 15.6. The third-order valence-electron chi connectivity index (χ3n) is 3.96. The minimum atomic E-state index is -0.160. The minimum Gasteiger partial charge on any atom is -0.349 e. The highest BCUT2D eigenvalue weighted by Gasteiger charge is 2.17. The molecule has 3 aromatic rings. The van der Waals surface area contributed by atoms with Crippen LogP contribution in [0.15, 0.2) is 54.6 Å². The smallest absolute Gasteiger partial charge is 0.269 e. The molecule has 0 saturated heterocycles. The molecule has 0 aliphatic carbocycles. The molecule has 0 saturated carbocycles. The average Bonchev–Trinajstić information content (AvgIpc) is 2.91. The van der Waals surface area contributed by atoms with Gasteiger partial charge in [-0.3, -0.25) is 4.79 Å². The van der Waals surface area contributed by atoms with E-state index in [0.29, 0.717) is 10.7 Å². The second-order valence-corrected chi connectivity index (χ2v) is 6.14. The van der Waals surface area contributed by atoms with E-state index < -0.39 is 0 Å². The van der Waals surface area contributed by atoms with Crippen molar-refractivity contribution in [2.24, 2.45) is 0 Å². The molecule has 4 heteroatoms. The van der Waals surface area contributed by atoms with Crippen LogP contribution in [0.4, 0.5) is 0 Å². The number of carbonyl (C=O) groups is 1. The summed E-state index contributed by atoms with van der Waals surface area (Å²) in [6.45, 7) is 2.01. The maximum Gasteiger partial charge on any atom is 0.269 e. The fourth-order valence-electron chi connectivity index (χ4n) is 2.66. The Hall–Kier alpha value is -2.26. The van der Waals surface area contributed by atoms with Gasteiger partial charge in [0.15, 0.2) is 0 Å². The van der Waals surface area contributed by atoms with Crippen molar-refractivity contribution in [3.63, 3.8) is 0 Å². The number of benzene rings is 2. The molecule has 0 radical (unpaired) electrons. The number of amides is 1. The van der Waals surface area contributed by atoms with Gasteiger partial charge in [0, 0.05) is 16.9 Å². The van der Waals surface area contributed by atoms with E-state index in [4.69, 9.17) is 11.6 Å². The first-order valence-corrected chi connectivity index (χ1v) is 8.14. The number of aryl methyl sites for hydroxylation is 1. The van der Waals surface area contributed by atoms with E-state index in [1.807, 2.05) is 49.4 Å². The topological polar surface area (TPSA) is 44.9 Å². The van der Waals surface area contributed by atoms with Crippen molar-refractivity contribution in [3.8, 4) is 0 Å². The number of hydrogen-bond acceptors (Lipinski definition) is 1. The summed E-state index contributed by atoms with van der Waals surface area (Å²) in [6, 6.07) is 18.0. The van der Waals surface area contributed by atoms with Gasteiger partial charge in [-0.15, -0.1) is 0 Å². The Morgan fingerprint density at radius 1 is 1.13 bits per heavy atom. The second kappa shape index (κ2) is 6.88. The summed E-state index contributed by atoms with van der Waals surface area (Å²) >= 11 is 6.32. The zero-order chi connectivity index (χ0) is 16.2. The predicted molar refractivity (Wildman–Crippen MR) is 95.0 cm³/mol. The van der Waals surface area contributed by atoms with Crippen LogP contribution in [-0.4, -0.2) is 16.9 Å². The van der Waals surface area contributed by atoms with E-state index in [-0.39, 0.29) is 11.9 Å². The van der Waals surface area contributed by atoms with E-state index >= 15 is 0 Å². The summed E-state index contributed by atoms with van der Waals surface area (Å²) in [5.74, 6) is -0.160. The standard InChI is InChI=1S/C19H19ClN2O/c1-13(11-12-14-7-3-2-4-8-14)21-19(23)18-17(20)15-9-5-6-10-16(15)22-18/h2-10,13,22H,11-12H2,1H3,(H,21,23). The van der Waals surface area contributed by atoms with Gasteiger partial charge >= 0.3 is 0 Å². The zero-order valence-electron chi connectivity index (χ0n) is 13.0. The molecule has 3 nitrogen and oxygen atoms in total. The van der Waals surface area contributed by atoms with Crippen LogP contribution in [0.2, 0.25) is 5.02 Å². The van der Waals surface area contributed by atoms with E-state index in [0.717, 1.165) is 23.7 Å². The lowest BCUT2D eigenvalue weighted by atomic mass is 10.1. The Balaban J connectivity index is 1.64. The lowest BCUT2D eigenvalue weighted by molar-refractivity contribution is 0.0934. The third-order valence-corrected chi connectivity index (χ3v) is 4.35. The van der Waals surface area contributed by atoms with Gasteiger partial charge in [0.05, 0.1) is 5.02 Å². The highest BCUT2D eigenvalue weighted by atomic mass is 35.5. The van der Waals surface area contributed by atoms with Gasteiger partial charge in [0.1, 0.15) is 5.69 Å². The van der Waals surface area contributed by atoms with Gasteiger partial charge < -0.3 is 10.3 Å². The Kier molecular flexibility index (Phi) is 4.68. The number of hydrogen-bond donors (Lipinski definition) is 2. The molecule has 0 bridgehead atoms. The lowest BCUT2D eigenvalue weighted by Gasteiger charge is -2.13. The van der Waals surface area contributed by atoms with Gasteiger partial charge in [-0.05, 0) is 31.4 Å². The number of aromatic amines is 1. The predicted octanol–water partition coefficient (Wildman–Crippen LogP) is 4.57. The Morgan fingerprint density at radius 2 is 1.83 bits per heavy atom. The number of carbonyl (C=O) groups excluding carboxylic acids is 1. The number of fused-ring (bicyclic) bond motifs is 1.